The molecule has 0 saturated heterocycles. The molecule has 1 saturated carbocycles. The molecule has 4 nitrogen and oxygen atoms in total. The van der Waals surface area contributed by atoms with Crippen molar-refractivity contribution >= 4 is 6.09 Å². The van der Waals surface area contributed by atoms with Crippen LogP contribution in [0.15, 0.2) is 0 Å². The third-order valence-corrected chi connectivity index (χ3v) is 3.10. The fourth-order valence-electron chi connectivity index (χ4n) is 2.03. The molecule has 0 aromatic carbocycles. The van der Waals surface area contributed by atoms with E-state index >= 15 is 0 Å². The summed E-state index contributed by atoms with van der Waals surface area (Å²) < 4.78 is 5.12. The first-order chi connectivity index (χ1) is 7.23. The first-order valence-electron chi connectivity index (χ1n) is 5.92. The molecule has 4 heteroatoms. The average molecular weight is 229 g/mol. The van der Waals surface area contributed by atoms with Crippen molar-refractivity contribution in [2.45, 2.75) is 58.2 Å². The molecular formula is C12H23NO3. The molecule has 1 fully saturated rings. The summed E-state index contributed by atoms with van der Waals surface area (Å²) in [6.45, 7) is 7.76. The quantitative estimate of drug-likeness (QED) is 0.762. The lowest BCUT2D eigenvalue weighted by molar-refractivity contribution is 0.00259. The number of carbonyl (C=O) groups excluding carboxylic acids is 1. The van der Waals surface area contributed by atoms with Crippen molar-refractivity contribution in [1.29, 1.82) is 0 Å². The topological polar surface area (TPSA) is 58.6 Å². The van der Waals surface area contributed by atoms with Crippen LogP contribution in [0.1, 0.15) is 47.0 Å². The summed E-state index contributed by atoms with van der Waals surface area (Å²) in [7, 11) is 0. The zero-order chi connectivity index (χ0) is 12.4. The predicted octanol–water partition coefficient (Wildman–Crippen LogP) is 2.06. The van der Waals surface area contributed by atoms with Gasteiger partial charge in [0.1, 0.15) is 5.60 Å². The zero-order valence-electron chi connectivity index (χ0n) is 10.7. The van der Waals surface area contributed by atoms with E-state index in [0.717, 1.165) is 19.3 Å². The predicted molar refractivity (Wildman–Crippen MR) is 62.2 cm³/mol. The Hall–Kier alpha value is -0.770. The van der Waals surface area contributed by atoms with Crippen LogP contribution in [0.4, 0.5) is 4.79 Å². The number of carbonyl (C=O) groups is 1. The van der Waals surface area contributed by atoms with Crippen LogP contribution in [0.3, 0.4) is 0 Å². The molecule has 2 unspecified atom stereocenters. The van der Waals surface area contributed by atoms with Gasteiger partial charge in [0.25, 0.3) is 0 Å². The Labute approximate surface area is 97.4 Å². The van der Waals surface area contributed by atoms with Gasteiger partial charge in [0.2, 0.25) is 0 Å². The van der Waals surface area contributed by atoms with Crippen molar-refractivity contribution in [2.24, 2.45) is 5.92 Å². The van der Waals surface area contributed by atoms with E-state index in [9.17, 15) is 9.90 Å². The van der Waals surface area contributed by atoms with Gasteiger partial charge in [0.15, 0.2) is 0 Å². The molecule has 0 aromatic heterocycles. The Morgan fingerprint density at radius 1 is 1.56 bits per heavy atom. The lowest BCUT2D eigenvalue weighted by Crippen LogP contribution is -2.46. The second-order valence-electron chi connectivity index (χ2n) is 5.75. The molecule has 0 aliphatic heterocycles. The second kappa shape index (κ2) is 4.62. The Kier molecular flexibility index (Phi) is 3.84. The van der Waals surface area contributed by atoms with E-state index in [0.29, 0.717) is 0 Å². The van der Waals surface area contributed by atoms with Gasteiger partial charge < -0.3 is 15.2 Å². The van der Waals surface area contributed by atoms with Crippen LogP contribution in [0.25, 0.3) is 0 Å². The minimum Gasteiger partial charge on any atom is -0.444 e. The maximum Gasteiger partial charge on any atom is 0.407 e. The highest BCUT2D eigenvalue weighted by Gasteiger charge is 2.38. The van der Waals surface area contributed by atoms with Gasteiger partial charge in [-0.25, -0.2) is 4.79 Å². The Bertz CT molecular complexity index is 259. The van der Waals surface area contributed by atoms with Crippen molar-refractivity contribution in [2.75, 3.05) is 6.54 Å². The van der Waals surface area contributed by atoms with Gasteiger partial charge >= 0.3 is 6.09 Å². The number of aliphatic hydroxyl groups is 1. The summed E-state index contributed by atoms with van der Waals surface area (Å²) in [4.78, 5) is 11.4. The minimum absolute atomic E-state index is 0.238. The summed E-state index contributed by atoms with van der Waals surface area (Å²) in [5.41, 5.74) is -1.25. The van der Waals surface area contributed by atoms with Crippen molar-refractivity contribution in [1.82, 2.24) is 5.32 Å². The first kappa shape index (κ1) is 13.3. The molecule has 1 aliphatic rings. The largest absolute Gasteiger partial charge is 0.444 e. The van der Waals surface area contributed by atoms with E-state index in [1.165, 1.54) is 0 Å². The molecule has 16 heavy (non-hydrogen) atoms. The van der Waals surface area contributed by atoms with E-state index in [4.69, 9.17) is 4.74 Å². The fourth-order valence-corrected chi connectivity index (χ4v) is 2.03. The van der Waals surface area contributed by atoms with E-state index in [2.05, 4.69) is 5.32 Å². The third-order valence-electron chi connectivity index (χ3n) is 3.10. The molecule has 0 spiro atoms. The van der Waals surface area contributed by atoms with Gasteiger partial charge in [0, 0.05) is 6.54 Å². The Morgan fingerprint density at radius 2 is 2.19 bits per heavy atom. The highest BCUT2D eigenvalue weighted by molar-refractivity contribution is 5.67. The molecule has 0 bridgehead atoms. The molecule has 2 N–H and O–H groups in total. The van der Waals surface area contributed by atoms with Crippen LogP contribution >= 0.6 is 0 Å². The Balaban J connectivity index is 2.37. The molecule has 0 aromatic rings. The molecule has 94 valence electrons. The number of hydrogen-bond acceptors (Lipinski definition) is 3. The standard InChI is InChI=1S/C12H23NO3/c1-9-6-5-7-12(9,15)8-13-10(14)16-11(2,3)4/h9,15H,5-8H2,1-4H3,(H,13,14). The summed E-state index contributed by atoms with van der Waals surface area (Å²) in [6.07, 6.45) is 2.34. The van der Waals surface area contributed by atoms with Crippen LogP contribution in [-0.4, -0.2) is 28.9 Å². The lowest BCUT2D eigenvalue weighted by Gasteiger charge is -2.28. The molecule has 0 radical (unpaired) electrons. The van der Waals surface area contributed by atoms with E-state index in [1.54, 1.807) is 0 Å². The van der Waals surface area contributed by atoms with Crippen LogP contribution in [-0.2, 0) is 4.74 Å². The van der Waals surface area contributed by atoms with E-state index in [1.807, 2.05) is 27.7 Å². The average Bonchev–Trinajstić information content (AvgIpc) is 2.42. The number of hydrogen-bond donors (Lipinski definition) is 2. The highest BCUT2D eigenvalue weighted by atomic mass is 16.6. The Morgan fingerprint density at radius 3 is 2.62 bits per heavy atom. The SMILES string of the molecule is CC1CCCC1(O)CNC(=O)OC(C)(C)C. The van der Waals surface area contributed by atoms with Gasteiger partial charge in [0.05, 0.1) is 5.60 Å². The monoisotopic (exact) mass is 229 g/mol. The van der Waals surface area contributed by atoms with Gasteiger partial charge in [-0.3, -0.25) is 0 Å². The summed E-state index contributed by atoms with van der Waals surface area (Å²) in [5, 5.41) is 12.9. The van der Waals surface area contributed by atoms with Gasteiger partial charge in [-0.1, -0.05) is 13.3 Å². The number of nitrogens with one attached hydrogen (secondary N) is 1. The molecule has 1 aliphatic carbocycles. The molecule has 1 rings (SSSR count). The summed E-state index contributed by atoms with van der Waals surface area (Å²) in [5.74, 6) is 0.238. The van der Waals surface area contributed by atoms with Gasteiger partial charge in [-0.15, -0.1) is 0 Å². The van der Waals surface area contributed by atoms with E-state index < -0.39 is 17.3 Å². The smallest absolute Gasteiger partial charge is 0.407 e. The second-order valence-corrected chi connectivity index (χ2v) is 5.75. The minimum atomic E-state index is -0.753. The third kappa shape index (κ3) is 3.67. The van der Waals surface area contributed by atoms with Crippen molar-refractivity contribution in [3.8, 4) is 0 Å². The van der Waals surface area contributed by atoms with Crippen LogP contribution < -0.4 is 5.32 Å². The maximum absolute atomic E-state index is 11.4. The van der Waals surface area contributed by atoms with Crippen molar-refractivity contribution in [3.05, 3.63) is 0 Å². The van der Waals surface area contributed by atoms with Crippen molar-refractivity contribution < 1.29 is 14.6 Å². The van der Waals surface area contributed by atoms with Crippen LogP contribution in [0.2, 0.25) is 0 Å². The van der Waals surface area contributed by atoms with Crippen LogP contribution in [0.5, 0.6) is 0 Å². The summed E-state index contributed by atoms with van der Waals surface area (Å²) in [6, 6.07) is 0. The lowest BCUT2D eigenvalue weighted by atomic mass is 9.92. The maximum atomic E-state index is 11.4. The summed E-state index contributed by atoms with van der Waals surface area (Å²) >= 11 is 0. The number of ether oxygens (including phenoxy) is 1. The van der Waals surface area contributed by atoms with E-state index in [-0.39, 0.29) is 12.5 Å². The molecule has 1 amide bonds. The number of alkyl carbamates (subject to hydrolysis) is 1. The highest BCUT2D eigenvalue weighted by Crippen LogP contribution is 2.34. The zero-order valence-corrected chi connectivity index (χ0v) is 10.7. The molecular weight excluding hydrogens is 206 g/mol. The normalized spacial score (nSPS) is 30.2. The molecule has 2 atom stereocenters. The number of rotatable bonds is 2. The number of amides is 1. The first-order valence-corrected chi connectivity index (χ1v) is 5.92. The molecule has 0 heterocycles. The fraction of sp³-hybridized carbons (Fsp3) is 0.917. The van der Waals surface area contributed by atoms with Gasteiger partial charge in [-0.05, 0) is 39.5 Å². The van der Waals surface area contributed by atoms with Crippen molar-refractivity contribution in [3.63, 3.8) is 0 Å². The van der Waals surface area contributed by atoms with Crippen LogP contribution in [0, 0.1) is 5.92 Å². The van der Waals surface area contributed by atoms with Gasteiger partial charge in [-0.2, -0.15) is 0 Å².